The third-order valence-electron chi connectivity index (χ3n) is 5.36. The Hall–Kier alpha value is -3.98. The molecule has 0 aliphatic carbocycles. The zero-order chi connectivity index (χ0) is 23.0. The number of para-hydroxylation sites is 6. The van der Waals surface area contributed by atoms with Gasteiger partial charge in [0.15, 0.2) is 0 Å². The van der Waals surface area contributed by atoms with Gasteiger partial charge in [0, 0.05) is 36.4 Å². The van der Waals surface area contributed by atoms with Gasteiger partial charge in [-0.2, -0.15) is 0 Å². The van der Waals surface area contributed by atoms with E-state index in [0.717, 1.165) is 34.1 Å². The Morgan fingerprint density at radius 2 is 0.714 bits per heavy atom. The van der Waals surface area contributed by atoms with Gasteiger partial charge in [0.25, 0.3) is 11.4 Å². The number of nitrogens with zero attached hydrogens (tertiary/aromatic N) is 3. The minimum atomic E-state index is 0. The van der Waals surface area contributed by atoms with Crippen molar-refractivity contribution in [3.05, 3.63) is 151 Å². The molecule has 3 nitrogen and oxygen atoms in total. The number of hydrogen-bond acceptors (Lipinski definition) is 0. The molecular weight excluding hydrogens is 611 g/mol. The van der Waals surface area contributed by atoms with Crippen LogP contribution in [0.25, 0.3) is 5.32 Å². The Morgan fingerprint density at radius 3 is 1.09 bits per heavy atom. The van der Waals surface area contributed by atoms with E-state index in [1.54, 1.807) is 0 Å². The molecule has 0 radical (unpaired) electrons. The second-order valence-electron chi connectivity index (χ2n) is 7.71. The Bertz CT molecular complexity index is 1320. The van der Waals surface area contributed by atoms with E-state index in [4.69, 9.17) is 0 Å². The van der Waals surface area contributed by atoms with Crippen molar-refractivity contribution in [2.24, 2.45) is 0 Å². The van der Waals surface area contributed by atoms with Gasteiger partial charge < -0.3 is 5.32 Å². The van der Waals surface area contributed by atoms with E-state index >= 15 is 0 Å². The topological polar surface area (TPSA) is 20.1 Å². The maximum absolute atomic E-state index is 4.44. The van der Waals surface area contributed by atoms with Crippen LogP contribution in [0.5, 0.6) is 0 Å². The molecule has 0 amide bonds. The fourth-order valence-electron chi connectivity index (χ4n) is 3.75. The molecule has 0 N–H and O–H groups in total. The summed E-state index contributed by atoms with van der Waals surface area (Å²) in [5.41, 5.74) is 6.51. The summed E-state index contributed by atoms with van der Waals surface area (Å²) in [4.78, 5) is 0. The van der Waals surface area contributed by atoms with Gasteiger partial charge in [-0.3, -0.25) is 0 Å². The molecule has 5 aromatic carbocycles. The molecule has 0 saturated heterocycles. The molecule has 0 unspecified atom stereocenters. The second kappa shape index (κ2) is 11.9. The van der Waals surface area contributed by atoms with Crippen molar-refractivity contribution in [1.29, 1.82) is 0 Å². The number of hydrogen-bond donors (Lipinski definition) is 0. The predicted octanol–water partition coefficient (Wildman–Crippen LogP) is 8.56. The SMILES string of the molecule is C1=[N+](c2ccccc2)c2ccccc2[N+]=1c1ccccc1.[Au+].c1ccc([N-]c2ccccc2)cc1. The smallest absolute Gasteiger partial charge is 0.658 e. The third kappa shape index (κ3) is 5.93. The van der Waals surface area contributed by atoms with Gasteiger partial charge in [0.05, 0.1) is 0 Å². The van der Waals surface area contributed by atoms with Crippen LogP contribution in [0.15, 0.2) is 146 Å². The Balaban J connectivity index is 0.000000179. The fourth-order valence-corrected chi connectivity index (χ4v) is 3.75. The van der Waals surface area contributed by atoms with Crippen molar-refractivity contribution < 1.29 is 22.4 Å². The Morgan fingerprint density at radius 1 is 0.400 bits per heavy atom. The summed E-state index contributed by atoms with van der Waals surface area (Å²) in [6.45, 7) is 0. The van der Waals surface area contributed by atoms with E-state index in [1.165, 1.54) is 0 Å². The maximum Gasteiger partial charge on any atom is 1.00 e. The van der Waals surface area contributed by atoms with Crippen molar-refractivity contribution in [3.63, 3.8) is 0 Å². The Labute approximate surface area is 221 Å². The van der Waals surface area contributed by atoms with Crippen molar-refractivity contribution in [2.75, 3.05) is 0 Å². The fraction of sp³-hybridized carbons (Fsp3) is 0. The summed E-state index contributed by atoms with van der Waals surface area (Å²) in [6.07, 6.45) is 0. The van der Waals surface area contributed by atoms with Crippen LogP contribution < -0.4 is 9.15 Å². The molecule has 0 bridgehead atoms. The first-order valence-corrected chi connectivity index (χ1v) is 11.3. The minimum absolute atomic E-state index is 0. The average molecular weight is 636 g/mol. The first-order valence-electron chi connectivity index (χ1n) is 11.3. The molecule has 1 aliphatic heterocycles. The van der Waals surface area contributed by atoms with E-state index in [1.807, 2.05) is 97.1 Å². The van der Waals surface area contributed by atoms with Crippen molar-refractivity contribution in [1.82, 2.24) is 9.15 Å². The summed E-state index contributed by atoms with van der Waals surface area (Å²) < 4.78 is 4.20. The van der Waals surface area contributed by atoms with Crippen molar-refractivity contribution >= 4 is 40.1 Å². The Kier molecular flexibility index (Phi) is 8.24. The third-order valence-corrected chi connectivity index (χ3v) is 5.36. The molecule has 0 aromatic heterocycles. The van der Waals surface area contributed by atoms with E-state index in [0.29, 0.717) is 0 Å². The molecule has 0 atom stereocenters. The van der Waals surface area contributed by atoms with Crippen molar-refractivity contribution in [2.45, 2.75) is 0 Å². The van der Waals surface area contributed by atoms with Gasteiger partial charge in [-0.1, -0.05) is 109 Å². The molecule has 35 heavy (non-hydrogen) atoms. The molecule has 0 saturated carbocycles. The summed E-state index contributed by atoms with van der Waals surface area (Å²) in [7, 11) is 0. The van der Waals surface area contributed by atoms with E-state index in [9.17, 15) is 0 Å². The number of fused-ring (bicyclic) bond motifs is 1. The van der Waals surface area contributed by atoms with Crippen LogP contribution in [0, 0.1) is 0 Å². The van der Waals surface area contributed by atoms with Crippen LogP contribution >= 0.6 is 0 Å². The quantitative estimate of drug-likeness (QED) is 0.137. The first kappa shape index (κ1) is 24.2. The van der Waals surface area contributed by atoms with Gasteiger partial charge in [-0.05, 0) is 9.15 Å². The summed E-state index contributed by atoms with van der Waals surface area (Å²) in [6, 6.07) is 52.4. The molecule has 1 aliphatic rings. The van der Waals surface area contributed by atoms with Gasteiger partial charge in [0.1, 0.15) is 0 Å². The van der Waals surface area contributed by atoms with Crippen LogP contribution in [0.4, 0.5) is 34.1 Å². The van der Waals surface area contributed by atoms with Crippen molar-refractivity contribution in [3.8, 4) is 0 Å². The second-order valence-corrected chi connectivity index (χ2v) is 7.71. The van der Waals surface area contributed by atoms with Crippen LogP contribution in [0.1, 0.15) is 0 Å². The van der Waals surface area contributed by atoms with E-state index in [2.05, 4.69) is 69.0 Å². The number of benzene rings is 5. The first-order chi connectivity index (χ1) is 16.9. The summed E-state index contributed by atoms with van der Waals surface area (Å²) in [5, 5.41) is 4.44. The monoisotopic (exact) mass is 635 g/mol. The van der Waals surface area contributed by atoms with E-state index in [-0.39, 0.29) is 22.4 Å². The summed E-state index contributed by atoms with van der Waals surface area (Å²) >= 11 is 0. The van der Waals surface area contributed by atoms with Crippen LogP contribution in [0.3, 0.4) is 0 Å². The molecule has 0 spiro atoms. The number of rotatable bonds is 4. The van der Waals surface area contributed by atoms with Gasteiger partial charge in [0.2, 0.25) is 11.4 Å². The largest absolute Gasteiger partial charge is 1.00 e. The molecule has 1 heterocycles. The predicted molar refractivity (Wildman–Crippen MR) is 143 cm³/mol. The molecule has 4 heteroatoms. The molecule has 0 fully saturated rings. The van der Waals surface area contributed by atoms with Crippen LogP contribution in [0.2, 0.25) is 0 Å². The zero-order valence-electron chi connectivity index (χ0n) is 19.0. The van der Waals surface area contributed by atoms with Gasteiger partial charge in [-0.15, -0.1) is 11.4 Å². The van der Waals surface area contributed by atoms with Crippen LogP contribution in [-0.2, 0) is 22.4 Å². The van der Waals surface area contributed by atoms with Gasteiger partial charge in [-0.25, -0.2) is 0 Å². The summed E-state index contributed by atoms with van der Waals surface area (Å²) in [5.74, 6) is 0. The maximum atomic E-state index is 4.44. The molecule has 172 valence electrons. The molecule has 6 rings (SSSR count). The normalized spacial score (nSPS) is 11.1. The average Bonchev–Trinajstić information content (AvgIpc) is 3.31. The minimum Gasteiger partial charge on any atom is -0.658 e. The molecule has 5 aromatic rings. The van der Waals surface area contributed by atoms with Gasteiger partial charge >= 0.3 is 28.4 Å². The zero-order valence-corrected chi connectivity index (χ0v) is 21.2. The molecular formula is C31H24AuN3+2. The van der Waals surface area contributed by atoms with Crippen LogP contribution in [-0.4, -0.2) is 6.01 Å². The standard InChI is InChI=1S/C19H14N2.C12H10N.Au/c1-3-9-16(10-4-1)20-15-21(17-11-5-2-6-12-17)19-14-8-7-13-18(19)20;1-3-7-11(8-4-1)13-12-9-5-2-6-10-12;/h1-14H;1-10H;/q+2;-1;+1. The van der Waals surface area contributed by atoms with E-state index < -0.39 is 0 Å².